The number of hydrogen-bond acceptors (Lipinski definition) is 3. The lowest BCUT2D eigenvalue weighted by Crippen LogP contribution is -2.08. The van der Waals surface area contributed by atoms with Crippen molar-refractivity contribution >= 4 is 23.1 Å². The van der Waals surface area contributed by atoms with E-state index in [0.29, 0.717) is 11.4 Å². The Balaban J connectivity index is 2.17. The van der Waals surface area contributed by atoms with Gasteiger partial charge in [0.15, 0.2) is 0 Å². The predicted octanol–water partition coefficient (Wildman–Crippen LogP) is 3.68. The van der Waals surface area contributed by atoms with Crippen LogP contribution in [0.1, 0.15) is 10.8 Å². The van der Waals surface area contributed by atoms with Crippen LogP contribution in [0.25, 0.3) is 0 Å². The number of rotatable bonds is 4. The molecule has 1 nitrogen and oxygen atoms in total. The summed E-state index contributed by atoms with van der Waals surface area (Å²) in [5, 5.41) is 4.20. The van der Waals surface area contributed by atoms with Crippen molar-refractivity contribution in [2.24, 2.45) is 5.73 Å². The van der Waals surface area contributed by atoms with E-state index in [0.717, 1.165) is 0 Å². The SMILES string of the molecule is NCC(Sc1ccccc1F)c1ccsc1. The van der Waals surface area contributed by atoms with Gasteiger partial charge in [-0.05, 0) is 34.5 Å². The highest BCUT2D eigenvalue weighted by molar-refractivity contribution is 7.99. The molecule has 1 atom stereocenters. The number of thiophene rings is 1. The molecule has 1 unspecified atom stereocenters. The molecule has 0 aliphatic rings. The van der Waals surface area contributed by atoms with Gasteiger partial charge in [-0.1, -0.05) is 12.1 Å². The fourth-order valence-corrected chi connectivity index (χ4v) is 3.23. The molecule has 2 rings (SSSR count). The van der Waals surface area contributed by atoms with Crippen LogP contribution in [0.5, 0.6) is 0 Å². The average Bonchev–Trinajstić information content (AvgIpc) is 2.81. The largest absolute Gasteiger partial charge is 0.329 e. The third-order valence-corrected chi connectivity index (χ3v) is 4.27. The zero-order chi connectivity index (χ0) is 11.4. The Morgan fingerprint density at radius 2 is 2.12 bits per heavy atom. The molecule has 0 saturated heterocycles. The third kappa shape index (κ3) is 2.64. The molecule has 0 aliphatic heterocycles. The van der Waals surface area contributed by atoms with E-state index in [2.05, 4.69) is 5.38 Å². The van der Waals surface area contributed by atoms with Gasteiger partial charge < -0.3 is 5.73 Å². The van der Waals surface area contributed by atoms with Crippen molar-refractivity contribution in [1.82, 2.24) is 0 Å². The van der Waals surface area contributed by atoms with E-state index in [1.807, 2.05) is 17.5 Å². The minimum atomic E-state index is -0.179. The zero-order valence-corrected chi connectivity index (χ0v) is 10.2. The molecule has 0 aliphatic carbocycles. The Bertz CT molecular complexity index is 442. The Morgan fingerprint density at radius 1 is 1.31 bits per heavy atom. The molecule has 4 heteroatoms. The van der Waals surface area contributed by atoms with Crippen LogP contribution < -0.4 is 5.73 Å². The van der Waals surface area contributed by atoms with Crippen molar-refractivity contribution in [2.75, 3.05) is 6.54 Å². The molecule has 1 aromatic heterocycles. The molecule has 1 heterocycles. The van der Waals surface area contributed by atoms with Crippen LogP contribution in [-0.4, -0.2) is 6.54 Å². The summed E-state index contributed by atoms with van der Waals surface area (Å²) in [7, 11) is 0. The first-order valence-electron chi connectivity index (χ1n) is 4.94. The maximum absolute atomic E-state index is 13.5. The van der Waals surface area contributed by atoms with E-state index < -0.39 is 0 Å². The smallest absolute Gasteiger partial charge is 0.136 e. The molecular weight excluding hydrogens is 241 g/mol. The first-order chi connectivity index (χ1) is 7.81. The van der Waals surface area contributed by atoms with Crippen molar-refractivity contribution in [3.05, 3.63) is 52.5 Å². The molecule has 16 heavy (non-hydrogen) atoms. The molecule has 0 bridgehead atoms. The Hall–Kier alpha value is -0.840. The zero-order valence-electron chi connectivity index (χ0n) is 8.60. The molecule has 0 radical (unpaired) electrons. The van der Waals surface area contributed by atoms with Crippen molar-refractivity contribution in [1.29, 1.82) is 0 Å². The van der Waals surface area contributed by atoms with Gasteiger partial charge in [0.2, 0.25) is 0 Å². The van der Waals surface area contributed by atoms with Gasteiger partial charge in [-0.15, -0.1) is 11.8 Å². The third-order valence-electron chi connectivity index (χ3n) is 2.23. The first kappa shape index (κ1) is 11.6. The summed E-state index contributed by atoms with van der Waals surface area (Å²) in [5.74, 6) is -0.179. The molecule has 2 N–H and O–H groups in total. The van der Waals surface area contributed by atoms with Gasteiger partial charge in [-0.25, -0.2) is 4.39 Å². The minimum absolute atomic E-state index is 0.128. The summed E-state index contributed by atoms with van der Waals surface area (Å²) in [5.41, 5.74) is 6.89. The molecule has 84 valence electrons. The van der Waals surface area contributed by atoms with E-state index in [-0.39, 0.29) is 11.1 Å². The van der Waals surface area contributed by atoms with Crippen LogP contribution in [0.2, 0.25) is 0 Å². The van der Waals surface area contributed by atoms with Gasteiger partial charge in [0.1, 0.15) is 5.82 Å². The number of benzene rings is 1. The molecule has 2 aromatic rings. The van der Waals surface area contributed by atoms with Crippen LogP contribution in [0.3, 0.4) is 0 Å². The maximum atomic E-state index is 13.5. The highest BCUT2D eigenvalue weighted by Gasteiger charge is 2.13. The number of nitrogens with two attached hydrogens (primary N) is 1. The summed E-state index contributed by atoms with van der Waals surface area (Å²) in [4.78, 5) is 0.657. The topological polar surface area (TPSA) is 26.0 Å². The lowest BCUT2D eigenvalue weighted by molar-refractivity contribution is 0.601. The summed E-state index contributed by atoms with van der Waals surface area (Å²) >= 11 is 3.12. The second-order valence-electron chi connectivity index (χ2n) is 3.33. The van der Waals surface area contributed by atoms with E-state index in [1.54, 1.807) is 23.5 Å². The predicted molar refractivity (Wildman–Crippen MR) is 68.4 cm³/mol. The van der Waals surface area contributed by atoms with E-state index in [4.69, 9.17) is 5.73 Å². The van der Waals surface area contributed by atoms with Gasteiger partial charge in [0, 0.05) is 16.7 Å². The Kier molecular flexibility index (Phi) is 3.98. The van der Waals surface area contributed by atoms with Crippen LogP contribution in [0.4, 0.5) is 4.39 Å². The molecule has 0 amide bonds. The van der Waals surface area contributed by atoms with Gasteiger partial charge >= 0.3 is 0 Å². The van der Waals surface area contributed by atoms with Crippen molar-refractivity contribution < 1.29 is 4.39 Å². The maximum Gasteiger partial charge on any atom is 0.136 e. The second kappa shape index (κ2) is 5.48. The van der Waals surface area contributed by atoms with Crippen molar-refractivity contribution in [2.45, 2.75) is 10.1 Å². The summed E-state index contributed by atoms with van der Waals surface area (Å²) in [6.07, 6.45) is 0. The highest BCUT2D eigenvalue weighted by Crippen LogP contribution is 2.36. The molecule has 0 spiro atoms. The molecule has 1 aromatic carbocycles. The summed E-state index contributed by atoms with van der Waals surface area (Å²) < 4.78 is 13.5. The fourth-order valence-electron chi connectivity index (χ4n) is 1.40. The van der Waals surface area contributed by atoms with Gasteiger partial charge in [0.25, 0.3) is 0 Å². The average molecular weight is 253 g/mol. The van der Waals surface area contributed by atoms with Crippen molar-refractivity contribution in [3.8, 4) is 0 Å². The van der Waals surface area contributed by atoms with E-state index in [1.165, 1.54) is 23.4 Å². The van der Waals surface area contributed by atoms with Gasteiger partial charge in [-0.3, -0.25) is 0 Å². The fraction of sp³-hybridized carbons (Fsp3) is 0.167. The van der Waals surface area contributed by atoms with E-state index >= 15 is 0 Å². The lowest BCUT2D eigenvalue weighted by atomic mass is 10.2. The van der Waals surface area contributed by atoms with Crippen LogP contribution in [-0.2, 0) is 0 Å². The molecule has 0 fully saturated rings. The lowest BCUT2D eigenvalue weighted by Gasteiger charge is -2.13. The summed E-state index contributed by atoms with van der Waals surface area (Å²) in [6, 6.07) is 8.84. The van der Waals surface area contributed by atoms with E-state index in [9.17, 15) is 4.39 Å². The highest BCUT2D eigenvalue weighted by atomic mass is 32.2. The number of thioether (sulfide) groups is 1. The monoisotopic (exact) mass is 253 g/mol. The first-order valence-corrected chi connectivity index (χ1v) is 6.77. The van der Waals surface area contributed by atoms with Crippen LogP contribution in [0.15, 0.2) is 46.0 Å². The number of halogens is 1. The minimum Gasteiger partial charge on any atom is -0.329 e. The number of hydrogen-bond donors (Lipinski definition) is 1. The normalized spacial score (nSPS) is 12.6. The second-order valence-corrected chi connectivity index (χ2v) is 5.35. The van der Waals surface area contributed by atoms with Gasteiger partial charge in [-0.2, -0.15) is 11.3 Å². The Labute approximate surface area is 102 Å². The van der Waals surface area contributed by atoms with Gasteiger partial charge in [0.05, 0.1) is 0 Å². The molecular formula is C12H12FNS2. The molecule has 0 saturated carbocycles. The standard InChI is InChI=1S/C12H12FNS2/c13-10-3-1-2-4-11(10)16-12(7-14)9-5-6-15-8-9/h1-6,8,12H,7,14H2. The quantitative estimate of drug-likeness (QED) is 0.841. The van der Waals surface area contributed by atoms with Crippen LogP contribution >= 0.6 is 23.1 Å². The Morgan fingerprint density at radius 3 is 2.75 bits per heavy atom. The van der Waals surface area contributed by atoms with Crippen molar-refractivity contribution in [3.63, 3.8) is 0 Å². The van der Waals surface area contributed by atoms with Crippen LogP contribution in [0, 0.1) is 5.82 Å². The summed E-state index contributed by atoms with van der Waals surface area (Å²) in [6.45, 7) is 0.510.